The molecule has 1 N–H and O–H groups in total. The van der Waals surface area contributed by atoms with Gasteiger partial charge in [-0.1, -0.05) is 26.0 Å². The second-order valence-corrected chi connectivity index (χ2v) is 6.04. The Bertz CT molecular complexity index is 454. The molecule has 1 rings (SSSR count). The summed E-state index contributed by atoms with van der Waals surface area (Å²) in [5.74, 6) is 0.447. The van der Waals surface area contributed by atoms with E-state index in [2.05, 4.69) is 18.6 Å². The molecule has 1 atom stereocenters. The monoisotopic (exact) mass is 271 g/mol. The van der Waals surface area contributed by atoms with Crippen LogP contribution in [0.1, 0.15) is 31.7 Å². The van der Waals surface area contributed by atoms with Gasteiger partial charge in [0.2, 0.25) is 10.0 Å². The molecule has 0 heterocycles. The van der Waals surface area contributed by atoms with E-state index in [0.717, 1.165) is 12.0 Å². The second kappa shape index (κ2) is 6.87. The zero-order valence-corrected chi connectivity index (χ0v) is 12.0. The predicted octanol–water partition coefficient (Wildman–Crippen LogP) is 2.12. The third kappa shape index (κ3) is 4.08. The number of rotatable bonds is 7. The van der Waals surface area contributed by atoms with E-state index in [1.54, 1.807) is 12.1 Å². The van der Waals surface area contributed by atoms with Gasteiger partial charge in [-0.2, -0.15) is 0 Å². The van der Waals surface area contributed by atoms with Gasteiger partial charge in [0.05, 0.1) is 11.5 Å². The molecule has 0 aliphatic heterocycles. The summed E-state index contributed by atoms with van der Waals surface area (Å²) in [6, 6.07) is 7.05. The summed E-state index contributed by atoms with van der Waals surface area (Å²) in [4.78, 5) is 0.297. The van der Waals surface area contributed by atoms with Crippen LogP contribution in [0.5, 0.6) is 0 Å². The van der Waals surface area contributed by atoms with Crippen molar-refractivity contribution in [3.8, 4) is 0 Å². The van der Waals surface area contributed by atoms with Crippen LogP contribution in [-0.2, 0) is 14.8 Å². The SMILES string of the molecule is CC[C@@H](C)c1ccc(S(=O)(=O)NCCOC)cc1. The van der Waals surface area contributed by atoms with Crippen LogP contribution in [-0.4, -0.2) is 28.7 Å². The van der Waals surface area contributed by atoms with Crippen molar-refractivity contribution in [3.63, 3.8) is 0 Å². The summed E-state index contributed by atoms with van der Waals surface area (Å²) in [5, 5.41) is 0. The molecule has 1 aromatic rings. The Hall–Kier alpha value is -0.910. The summed E-state index contributed by atoms with van der Waals surface area (Å²) >= 11 is 0. The highest BCUT2D eigenvalue weighted by molar-refractivity contribution is 7.89. The molecule has 4 nitrogen and oxygen atoms in total. The topological polar surface area (TPSA) is 55.4 Å². The predicted molar refractivity (Wildman–Crippen MR) is 72.2 cm³/mol. The van der Waals surface area contributed by atoms with Crippen LogP contribution in [0.3, 0.4) is 0 Å². The van der Waals surface area contributed by atoms with Crippen molar-refractivity contribution in [1.82, 2.24) is 4.72 Å². The molecule has 0 bridgehead atoms. The lowest BCUT2D eigenvalue weighted by Crippen LogP contribution is -2.27. The van der Waals surface area contributed by atoms with Crippen LogP contribution in [0.25, 0.3) is 0 Å². The summed E-state index contributed by atoms with van der Waals surface area (Å²) in [7, 11) is -1.87. The first-order valence-electron chi connectivity index (χ1n) is 6.09. The minimum absolute atomic E-state index is 0.284. The van der Waals surface area contributed by atoms with E-state index in [4.69, 9.17) is 4.74 Å². The van der Waals surface area contributed by atoms with E-state index in [1.807, 2.05) is 12.1 Å². The molecule has 5 heteroatoms. The van der Waals surface area contributed by atoms with Crippen molar-refractivity contribution in [1.29, 1.82) is 0 Å². The van der Waals surface area contributed by atoms with Crippen molar-refractivity contribution in [2.24, 2.45) is 0 Å². The quantitative estimate of drug-likeness (QED) is 0.773. The molecule has 0 amide bonds. The Labute approximate surface area is 109 Å². The molecule has 0 fully saturated rings. The second-order valence-electron chi connectivity index (χ2n) is 4.27. The molecular weight excluding hydrogens is 250 g/mol. The Morgan fingerprint density at radius 1 is 1.28 bits per heavy atom. The number of hydrogen-bond acceptors (Lipinski definition) is 3. The molecular formula is C13H21NO3S. The fraction of sp³-hybridized carbons (Fsp3) is 0.538. The average Bonchev–Trinajstić information content (AvgIpc) is 2.38. The van der Waals surface area contributed by atoms with Gasteiger partial charge < -0.3 is 4.74 Å². The molecule has 0 radical (unpaired) electrons. The van der Waals surface area contributed by atoms with Crippen molar-refractivity contribution < 1.29 is 13.2 Å². The average molecular weight is 271 g/mol. The Kier molecular flexibility index (Phi) is 5.78. The molecule has 18 heavy (non-hydrogen) atoms. The van der Waals surface area contributed by atoms with Crippen molar-refractivity contribution >= 4 is 10.0 Å². The molecule has 0 spiro atoms. The first-order chi connectivity index (χ1) is 8.51. The highest BCUT2D eigenvalue weighted by Gasteiger charge is 2.13. The van der Waals surface area contributed by atoms with Crippen LogP contribution in [0, 0.1) is 0 Å². The van der Waals surface area contributed by atoms with Gasteiger partial charge >= 0.3 is 0 Å². The van der Waals surface area contributed by atoms with Gasteiger partial charge in [0.15, 0.2) is 0 Å². The lowest BCUT2D eigenvalue weighted by Gasteiger charge is -2.10. The van der Waals surface area contributed by atoms with E-state index in [1.165, 1.54) is 7.11 Å². The minimum Gasteiger partial charge on any atom is -0.383 e. The number of benzene rings is 1. The third-order valence-corrected chi connectivity index (χ3v) is 4.45. The van der Waals surface area contributed by atoms with Crippen molar-refractivity contribution in [2.75, 3.05) is 20.3 Å². The summed E-state index contributed by atoms with van der Waals surface area (Å²) < 4.78 is 31.1. The highest BCUT2D eigenvalue weighted by atomic mass is 32.2. The molecule has 0 unspecified atom stereocenters. The lowest BCUT2D eigenvalue weighted by molar-refractivity contribution is 0.204. The van der Waals surface area contributed by atoms with Crippen LogP contribution < -0.4 is 4.72 Å². The van der Waals surface area contributed by atoms with Gasteiger partial charge in [-0.3, -0.25) is 0 Å². The van der Waals surface area contributed by atoms with E-state index in [9.17, 15) is 8.42 Å². The van der Waals surface area contributed by atoms with Gasteiger partial charge in [-0.05, 0) is 30.0 Å². The fourth-order valence-corrected chi connectivity index (χ4v) is 2.59. The Morgan fingerprint density at radius 2 is 1.89 bits per heavy atom. The zero-order chi connectivity index (χ0) is 13.6. The molecule has 0 saturated carbocycles. The van der Waals surface area contributed by atoms with Gasteiger partial charge in [-0.25, -0.2) is 13.1 Å². The maximum absolute atomic E-state index is 11.9. The van der Waals surface area contributed by atoms with Crippen LogP contribution in [0.4, 0.5) is 0 Å². The van der Waals surface area contributed by atoms with Crippen molar-refractivity contribution in [3.05, 3.63) is 29.8 Å². The highest BCUT2D eigenvalue weighted by Crippen LogP contribution is 2.20. The van der Waals surface area contributed by atoms with Crippen LogP contribution in [0.2, 0.25) is 0 Å². The third-order valence-electron chi connectivity index (χ3n) is 2.97. The van der Waals surface area contributed by atoms with E-state index in [0.29, 0.717) is 17.4 Å². The molecule has 0 aromatic heterocycles. The molecule has 102 valence electrons. The maximum Gasteiger partial charge on any atom is 0.240 e. The maximum atomic E-state index is 11.9. The molecule has 0 saturated heterocycles. The first kappa shape index (κ1) is 15.1. The summed E-state index contributed by atoms with van der Waals surface area (Å²) in [6.45, 7) is 4.89. The van der Waals surface area contributed by atoms with Crippen LogP contribution >= 0.6 is 0 Å². The summed E-state index contributed by atoms with van der Waals surface area (Å²) in [6.07, 6.45) is 1.04. The molecule has 1 aromatic carbocycles. The number of sulfonamides is 1. The van der Waals surface area contributed by atoms with E-state index in [-0.39, 0.29) is 6.54 Å². The number of hydrogen-bond donors (Lipinski definition) is 1. The number of ether oxygens (including phenoxy) is 1. The number of nitrogens with one attached hydrogen (secondary N) is 1. The molecule has 0 aliphatic rings. The molecule has 0 aliphatic carbocycles. The smallest absolute Gasteiger partial charge is 0.240 e. The normalized spacial score (nSPS) is 13.5. The standard InChI is InChI=1S/C13H21NO3S/c1-4-11(2)12-5-7-13(8-6-12)18(15,16)14-9-10-17-3/h5-8,11,14H,4,9-10H2,1-3H3/t11-/m1/s1. The van der Waals surface area contributed by atoms with Gasteiger partial charge in [0.25, 0.3) is 0 Å². The van der Waals surface area contributed by atoms with Crippen molar-refractivity contribution in [2.45, 2.75) is 31.1 Å². The zero-order valence-electron chi connectivity index (χ0n) is 11.1. The van der Waals surface area contributed by atoms with E-state index < -0.39 is 10.0 Å². The summed E-state index contributed by atoms with van der Waals surface area (Å²) in [5.41, 5.74) is 1.16. The Balaban J connectivity index is 2.78. The van der Waals surface area contributed by atoms with Crippen LogP contribution in [0.15, 0.2) is 29.2 Å². The first-order valence-corrected chi connectivity index (χ1v) is 7.58. The van der Waals surface area contributed by atoms with E-state index >= 15 is 0 Å². The largest absolute Gasteiger partial charge is 0.383 e. The fourth-order valence-electron chi connectivity index (χ4n) is 1.57. The number of methoxy groups -OCH3 is 1. The van der Waals surface area contributed by atoms with Gasteiger partial charge in [0.1, 0.15) is 0 Å². The lowest BCUT2D eigenvalue weighted by atomic mass is 9.99. The van der Waals surface area contributed by atoms with Gasteiger partial charge in [0, 0.05) is 13.7 Å². The Morgan fingerprint density at radius 3 is 2.39 bits per heavy atom. The minimum atomic E-state index is -3.41. The van der Waals surface area contributed by atoms with Gasteiger partial charge in [-0.15, -0.1) is 0 Å².